The third-order valence-electron chi connectivity index (χ3n) is 3.35. The van der Waals surface area contributed by atoms with Crippen LogP contribution in [0.2, 0.25) is 0 Å². The highest BCUT2D eigenvalue weighted by Crippen LogP contribution is 2.20. The molecule has 0 amide bonds. The van der Waals surface area contributed by atoms with Crippen LogP contribution in [0.25, 0.3) is 17.4 Å². The first-order valence-electron chi connectivity index (χ1n) is 6.50. The Hall–Kier alpha value is -2.64. The van der Waals surface area contributed by atoms with Crippen molar-refractivity contribution in [1.82, 2.24) is 24.6 Å². The second kappa shape index (κ2) is 4.19. The van der Waals surface area contributed by atoms with Crippen LogP contribution in [0.4, 0.5) is 11.9 Å². The Morgan fingerprint density at radius 1 is 1.15 bits per heavy atom. The lowest BCUT2D eigenvalue weighted by atomic mass is 10.4. The van der Waals surface area contributed by atoms with Crippen LogP contribution in [0, 0.1) is 0 Å². The van der Waals surface area contributed by atoms with Gasteiger partial charge in [0.15, 0.2) is 5.76 Å². The smallest absolute Gasteiger partial charge is 0.259 e. The monoisotopic (exact) mass is 271 g/mol. The summed E-state index contributed by atoms with van der Waals surface area (Å²) in [7, 11) is 0. The van der Waals surface area contributed by atoms with Gasteiger partial charge in [-0.15, -0.1) is 5.10 Å². The molecule has 0 saturated carbocycles. The highest BCUT2D eigenvalue weighted by Gasteiger charge is 2.19. The summed E-state index contributed by atoms with van der Waals surface area (Å²) in [5.41, 5.74) is 5.94. The molecule has 1 aliphatic heterocycles. The van der Waals surface area contributed by atoms with Crippen LogP contribution in [0.5, 0.6) is 0 Å². The third kappa shape index (κ3) is 1.68. The molecule has 1 saturated heterocycles. The number of aromatic nitrogens is 5. The van der Waals surface area contributed by atoms with Gasteiger partial charge in [0.25, 0.3) is 5.78 Å². The second-order valence-electron chi connectivity index (χ2n) is 4.70. The number of hydrogen-bond acceptors (Lipinski definition) is 7. The molecule has 20 heavy (non-hydrogen) atoms. The Balaban J connectivity index is 1.83. The lowest BCUT2D eigenvalue weighted by Gasteiger charge is -2.14. The fraction of sp³-hybridized carbons (Fsp3) is 0.333. The van der Waals surface area contributed by atoms with Crippen LogP contribution >= 0.6 is 0 Å². The number of anilines is 2. The first-order chi connectivity index (χ1) is 9.81. The molecule has 0 spiro atoms. The predicted molar refractivity (Wildman–Crippen MR) is 72.1 cm³/mol. The third-order valence-corrected chi connectivity index (χ3v) is 3.35. The average Bonchev–Trinajstić information content (AvgIpc) is 3.19. The van der Waals surface area contributed by atoms with Gasteiger partial charge >= 0.3 is 0 Å². The number of hydrogen-bond donors (Lipinski definition) is 1. The average molecular weight is 271 g/mol. The predicted octanol–water partition coefficient (Wildman–Crippen LogP) is 0.962. The van der Waals surface area contributed by atoms with Crippen molar-refractivity contribution in [2.45, 2.75) is 12.8 Å². The van der Waals surface area contributed by atoms with Crippen LogP contribution in [0.1, 0.15) is 12.8 Å². The number of nitrogens with two attached hydrogens (primary N) is 1. The zero-order valence-electron chi connectivity index (χ0n) is 10.7. The van der Waals surface area contributed by atoms with E-state index in [9.17, 15) is 0 Å². The Bertz CT molecular complexity index is 743. The van der Waals surface area contributed by atoms with E-state index in [0.29, 0.717) is 23.3 Å². The first kappa shape index (κ1) is 11.2. The molecule has 0 aromatic carbocycles. The number of furan rings is 1. The van der Waals surface area contributed by atoms with Crippen molar-refractivity contribution >= 4 is 17.7 Å². The van der Waals surface area contributed by atoms with E-state index < -0.39 is 0 Å². The molecule has 1 fully saturated rings. The largest absolute Gasteiger partial charge is 0.461 e. The standard InChI is InChI=1S/C12H13N7O/c13-10-15-11(18-5-1-2-6-18)16-12-14-9(17-19(10)12)8-4-3-7-20-8/h3-4,7H,1-2,5-6H2,(H2,13,14,15,16,17). The summed E-state index contributed by atoms with van der Waals surface area (Å²) < 4.78 is 6.71. The molecule has 8 heteroatoms. The van der Waals surface area contributed by atoms with Gasteiger partial charge in [0, 0.05) is 13.1 Å². The number of nitrogen functional groups attached to an aromatic ring is 1. The zero-order valence-corrected chi connectivity index (χ0v) is 10.7. The maximum absolute atomic E-state index is 5.94. The lowest BCUT2D eigenvalue weighted by Crippen LogP contribution is -2.22. The first-order valence-corrected chi connectivity index (χ1v) is 6.50. The molecule has 3 aromatic heterocycles. The van der Waals surface area contributed by atoms with Gasteiger partial charge in [0.05, 0.1) is 6.26 Å². The van der Waals surface area contributed by atoms with E-state index in [1.807, 2.05) is 0 Å². The minimum Gasteiger partial charge on any atom is -0.461 e. The summed E-state index contributed by atoms with van der Waals surface area (Å²) in [6.07, 6.45) is 3.88. The van der Waals surface area contributed by atoms with Crippen molar-refractivity contribution in [2.24, 2.45) is 0 Å². The highest BCUT2D eigenvalue weighted by molar-refractivity contribution is 5.53. The minimum atomic E-state index is 0.280. The van der Waals surface area contributed by atoms with Crippen molar-refractivity contribution in [3.05, 3.63) is 18.4 Å². The molecular weight excluding hydrogens is 258 g/mol. The molecule has 0 bridgehead atoms. The van der Waals surface area contributed by atoms with E-state index >= 15 is 0 Å². The SMILES string of the molecule is Nc1nc(N2CCCC2)nc2nc(-c3ccco3)nn12. The van der Waals surface area contributed by atoms with Crippen LogP contribution in [0.15, 0.2) is 22.8 Å². The van der Waals surface area contributed by atoms with E-state index in [1.165, 1.54) is 4.52 Å². The van der Waals surface area contributed by atoms with Gasteiger partial charge in [-0.1, -0.05) is 0 Å². The van der Waals surface area contributed by atoms with E-state index in [-0.39, 0.29) is 5.95 Å². The summed E-state index contributed by atoms with van der Waals surface area (Å²) in [4.78, 5) is 15.2. The molecule has 3 aromatic rings. The van der Waals surface area contributed by atoms with Gasteiger partial charge < -0.3 is 15.1 Å². The van der Waals surface area contributed by atoms with Crippen LogP contribution in [-0.4, -0.2) is 37.7 Å². The molecule has 102 valence electrons. The van der Waals surface area contributed by atoms with E-state index in [1.54, 1.807) is 18.4 Å². The molecule has 4 rings (SSSR count). The number of nitrogens with zero attached hydrogens (tertiary/aromatic N) is 6. The fourth-order valence-electron chi connectivity index (χ4n) is 2.36. The summed E-state index contributed by atoms with van der Waals surface area (Å²) in [5.74, 6) is 2.37. The normalized spacial score (nSPS) is 15.3. The molecular formula is C12H13N7O. The summed E-state index contributed by atoms with van der Waals surface area (Å²) in [6, 6.07) is 3.57. The Morgan fingerprint density at radius 2 is 2.00 bits per heavy atom. The Kier molecular flexibility index (Phi) is 2.35. The van der Waals surface area contributed by atoms with E-state index in [2.05, 4.69) is 25.0 Å². The number of fused-ring (bicyclic) bond motifs is 1. The lowest BCUT2D eigenvalue weighted by molar-refractivity contribution is 0.577. The summed E-state index contributed by atoms with van der Waals surface area (Å²) in [5, 5.41) is 4.27. The van der Waals surface area contributed by atoms with Gasteiger partial charge in [0.1, 0.15) is 0 Å². The summed E-state index contributed by atoms with van der Waals surface area (Å²) >= 11 is 0. The number of rotatable bonds is 2. The van der Waals surface area contributed by atoms with Crippen molar-refractivity contribution in [1.29, 1.82) is 0 Å². The molecule has 0 aliphatic carbocycles. The van der Waals surface area contributed by atoms with Gasteiger partial charge in [0.2, 0.25) is 17.7 Å². The van der Waals surface area contributed by atoms with Crippen molar-refractivity contribution in [3.8, 4) is 11.6 Å². The van der Waals surface area contributed by atoms with Gasteiger partial charge in [-0.3, -0.25) is 0 Å². The molecule has 0 radical (unpaired) electrons. The van der Waals surface area contributed by atoms with Crippen molar-refractivity contribution < 1.29 is 4.42 Å². The molecule has 8 nitrogen and oxygen atoms in total. The zero-order chi connectivity index (χ0) is 13.5. The second-order valence-corrected chi connectivity index (χ2v) is 4.70. The molecule has 1 aliphatic rings. The summed E-state index contributed by atoms with van der Waals surface area (Å²) in [6.45, 7) is 1.91. The maximum atomic E-state index is 5.94. The molecule has 0 unspecified atom stereocenters. The van der Waals surface area contributed by atoms with Crippen LogP contribution < -0.4 is 10.6 Å². The Morgan fingerprint density at radius 3 is 2.75 bits per heavy atom. The van der Waals surface area contributed by atoms with Gasteiger partial charge in [-0.2, -0.15) is 19.5 Å². The molecule has 4 heterocycles. The highest BCUT2D eigenvalue weighted by atomic mass is 16.3. The van der Waals surface area contributed by atoms with Crippen LogP contribution in [-0.2, 0) is 0 Å². The minimum absolute atomic E-state index is 0.280. The topological polar surface area (TPSA) is 98.4 Å². The van der Waals surface area contributed by atoms with Gasteiger partial charge in [-0.05, 0) is 25.0 Å². The van der Waals surface area contributed by atoms with Gasteiger partial charge in [-0.25, -0.2) is 0 Å². The quantitative estimate of drug-likeness (QED) is 0.741. The van der Waals surface area contributed by atoms with Crippen molar-refractivity contribution in [2.75, 3.05) is 23.7 Å². The Labute approximate surface area is 114 Å². The molecule has 2 N–H and O–H groups in total. The molecule has 0 atom stereocenters. The van der Waals surface area contributed by atoms with E-state index in [0.717, 1.165) is 25.9 Å². The maximum Gasteiger partial charge on any atom is 0.259 e. The van der Waals surface area contributed by atoms with Crippen molar-refractivity contribution in [3.63, 3.8) is 0 Å². The van der Waals surface area contributed by atoms with Crippen LogP contribution in [0.3, 0.4) is 0 Å². The van der Waals surface area contributed by atoms with E-state index in [4.69, 9.17) is 10.2 Å². The fourth-order valence-corrected chi connectivity index (χ4v) is 2.36.